The summed E-state index contributed by atoms with van der Waals surface area (Å²) in [7, 11) is 0. The highest BCUT2D eigenvalue weighted by Gasteiger charge is 2.17. The van der Waals surface area contributed by atoms with Gasteiger partial charge in [0.05, 0.1) is 0 Å². The fraction of sp³-hybridized carbons (Fsp3) is 0.400. The number of nitrogens with one attached hydrogen (secondary N) is 1. The lowest BCUT2D eigenvalue weighted by atomic mass is 9.86. The Morgan fingerprint density at radius 3 is 2.68 bits per heavy atom. The van der Waals surface area contributed by atoms with Crippen molar-refractivity contribution < 1.29 is 4.39 Å². The van der Waals surface area contributed by atoms with Crippen LogP contribution in [-0.4, -0.2) is 12.5 Å². The first kappa shape index (κ1) is 13.4. The minimum absolute atomic E-state index is 0.286. The molecule has 0 bridgehead atoms. The molecule has 1 aromatic carbocycles. The minimum atomic E-state index is -0.384. The Balaban J connectivity index is 1.94. The smallest absolute Gasteiger partial charge is 0.189 e. The van der Waals surface area contributed by atoms with E-state index in [1.807, 2.05) is 0 Å². The highest BCUT2D eigenvalue weighted by Crippen LogP contribution is 2.26. The summed E-state index contributed by atoms with van der Waals surface area (Å²) in [6.07, 6.45) is 9.21. The molecule has 19 heavy (non-hydrogen) atoms. The van der Waals surface area contributed by atoms with Crippen molar-refractivity contribution in [1.29, 1.82) is 0 Å². The zero-order valence-corrected chi connectivity index (χ0v) is 10.8. The number of aliphatic imine (C=N–C) groups is 1. The van der Waals surface area contributed by atoms with Crippen LogP contribution in [0.1, 0.15) is 30.9 Å². The lowest BCUT2D eigenvalue weighted by Crippen LogP contribution is -2.35. The van der Waals surface area contributed by atoms with E-state index in [0.717, 1.165) is 12.1 Å². The van der Waals surface area contributed by atoms with Gasteiger partial charge in [-0.05, 0) is 36.5 Å². The second kappa shape index (κ2) is 6.24. The lowest BCUT2D eigenvalue weighted by molar-refractivity contribution is 0.326. The van der Waals surface area contributed by atoms with E-state index in [9.17, 15) is 4.39 Å². The molecule has 1 aromatic rings. The molecule has 2 rings (SSSR count). The van der Waals surface area contributed by atoms with Crippen molar-refractivity contribution in [3.05, 3.63) is 35.6 Å². The fourth-order valence-electron chi connectivity index (χ4n) is 1.97. The summed E-state index contributed by atoms with van der Waals surface area (Å²) >= 11 is 0. The molecule has 0 aliphatic heterocycles. The van der Waals surface area contributed by atoms with Crippen molar-refractivity contribution in [2.45, 2.75) is 25.3 Å². The van der Waals surface area contributed by atoms with E-state index in [1.165, 1.54) is 31.4 Å². The summed E-state index contributed by atoms with van der Waals surface area (Å²) in [5.41, 5.74) is 6.61. The van der Waals surface area contributed by atoms with E-state index < -0.39 is 0 Å². The van der Waals surface area contributed by atoms with Gasteiger partial charge in [0, 0.05) is 6.54 Å². The highest BCUT2D eigenvalue weighted by atomic mass is 19.1. The number of hydrogen-bond acceptors (Lipinski definition) is 1. The Bertz CT molecular complexity index is 483. The maximum Gasteiger partial charge on any atom is 0.189 e. The summed E-state index contributed by atoms with van der Waals surface area (Å²) in [6, 6.07) is 5.66. The molecule has 1 atom stereocenters. The van der Waals surface area contributed by atoms with Gasteiger partial charge in [-0.15, -0.1) is 6.42 Å². The van der Waals surface area contributed by atoms with Gasteiger partial charge in [0.25, 0.3) is 0 Å². The molecular weight excluding hydrogens is 241 g/mol. The molecule has 0 heterocycles. The number of guanidine groups is 1. The topological polar surface area (TPSA) is 50.4 Å². The van der Waals surface area contributed by atoms with Crippen LogP contribution in [0.4, 0.5) is 4.39 Å². The van der Waals surface area contributed by atoms with Crippen LogP contribution in [0, 0.1) is 24.1 Å². The molecule has 0 spiro atoms. The second-order valence-corrected chi connectivity index (χ2v) is 4.82. The predicted octanol–water partition coefficient (Wildman–Crippen LogP) is 2.20. The Labute approximate surface area is 113 Å². The van der Waals surface area contributed by atoms with Gasteiger partial charge in [-0.25, -0.2) is 4.39 Å². The van der Waals surface area contributed by atoms with E-state index in [1.54, 1.807) is 12.1 Å². The van der Waals surface area contributed by atoms with E-state index in [-0.39, 0.29) is 11.9 Å². The number of nitrogens with two attached hydrogens (primary N) is 1. The quantitative estimate of drug-likeness (QED) is 0.495. The molecule has 0 aromatic heterocycles. The second-order valence-electron chi connectivity index (χ2n) is 4.82. The summed E-state index contributed by atoms with van der Waals surface area (Å²) in [4.78, 5) is 4.29. The summed E-state index contributed by atoms with van der Waals surface area (Å²) in [6.45, 7) is 0.750. The molecule has 1 aliphatic carbocycles. The average Bonchev–Trinajstić information content (AvgIpc) is 2.35. The van der Waals surface area contributed by atoms with Crippen molar-refractivity contribution in [3.63, 3.8) is 0 Å². The highest BCUT2D eigenvalue weighted by molar-refractivity contribution is 5.78. The van der Waals surface area contributed by atoms with Crippen molar-refractivity contribution >= 4 is 5.96 Å². The Kier molecular flexibility index (Phi) is 4.40. The number of hydrogen-bond donors (Lipinski definition) is 2. The molecule has 0 saturated heterocycles. The zero-order chi connectivity index (χ0) is 13.7. The number of rotatable bonds is 4. The Hall–Kier alpha value is -2.02. The van der Waals surface area contributed by atoms with E-state index in [0.29, 0.717) is 11.9 Å². The van der Waals surface area contributed by atoms with Crippen molar-refractivity contribution in [1.82, 2.24) is 5.32 Å². The van der Waals surface area contributed by atoms with Gasteiger partial charge in [-0.1, -0.05) is 24.5 Å². The maximum absolute atomic E-state index is 12.9. The van der Waals surface area contributed by atoms with Crippen LogP contribution in [0.5, 0.6) is 0 Å². The van der Waals surface area contributed by atoms with E-state index in [4.69, 9.17) is 12.2 Å². The van der Waals surface area contributed by atoms with Crippen LogP contribution in [0.2, 0.25) is 0 Å². The third-order valence-electron chi connectivity index (χ3n) is 3.41. The lowest BCUT2D eigenvalue weighted by Gasteiger charge is -2.23. The molecule has 3 nitrogen and oxygen atoms in total. The van der Waals surface area contributed by atoms with Crippen LogP contribution in [0.3, 0.4) is 0 Å². The first-order valence-electron chi connectivity index (χ1n) is 6.47. The van der Waals surface area contributed by atoms with Gasteiger partial charge < -0.3 is 11.1 Å². The van der Waals surface area contributed by atoms with Crippen molar-refractivity contribution in [2.75, 3.05) is 6.54 Å². The molecule has 0 radical (unpaired) electrons. The molecule has 100 valence electrons. The third-order valence-corrected chi connectivity index (χ3v) is 3.41. The van der Waals surface area contributed by atoms with Crippen LogP contribution in [0.15, 0.2) is 29.3 Å². The third kappa shape index (κ3) is 3.72. The maximum atomic E-state index is 12.9. The number of nitrogens with zero attached hydrogens (tertiary/aromatic N) is 1. The summed E-state index contributed by atoms with van der Waals surface area (Å²) in [5, 5.41) is 2.98. The number of benzene rings is 1. The monoisotopic (exact) mass is 259 g/mol. The van der Waals surface area contributed by atoms with Gasteiger partial charge >= 0.3 is 0 Å². The number of halogens is 1. The molecule has 1 unspecified atom stereocenters. The first-order chi connectivity index (χ1) is 9.19. The zero-order valence-electron chi connectivity index (χ0n) is 10.8. The largest absolute Gasteiger partial charge is 0.370 e. The fourth-order valence-corrected chi connectivity index (χ4v) is 1.97. The standard InChI is InChI=1S/C15H18FN3/c1-2-14(12-6-8-13(16)9-7-12)19-15(17)18-10-11-4-3-5-11/h1,6-9,11,14H,3-5,10H2,(H3,17,18,19). The van der Waals surface area contributed by atoms with E-state index in [2.05, 4.69) is 16.2 Å². The number of terminal acetylenes is 1. The van der Waals surface area contributed by atoms with Crippen LogP contribution >= 0.6 is 0 Å². The SMILES string of the molecule is C#CC(NC(N)=NCC1CCC1)c1ccc(F)cc1. The first-order valence-corrected chi connectivity index (χ1v) is 6.47. The minimum Gasteiger partial charge on any atom is -0.370 e. The Morgan fingerprint density at radius 1 is 1.47 bits per heavy atom. The van der Waals surface area contributed by atoms with Crippen molar-refractivity contribution in [3.8, 4) is 12.3 Å². The van der Waals surface area contributed by atoms with Gasteiger partial charge in [0.15, 0.2) is 5.96 Å². The summed E-state index contributed by atoms with van der Waals surface area (Å²) < 4.78 is 12.9. The van der Waals surface area contributed by atoms with E-state index >= 15 is 0 Å². The van der Waals surface area contributed by atoms with Crippen LogP contribution in [-0.2, 0) is 0 Å². The van der Waals surface area contributed by atoms with Gasteiger partial charge in [-0.2, -0.15) is 0 Å². The molecule has 1 fully saturated rings. The molecule has 1 aliphatic rings. The molecule has 0 amide bonds. The molecule has 4 heteroatoms. The molecule has 1 saturated carbocycles. The normalized spacial score (nSPS) is 17.4. The molecule has 3 N–H and O–H groups in total. The van der Waals surface area contributed by atoms with Crippen molar-refractivity contribution in [2.24, 2.45) is 16.6 Å². The van der Waals surface area contributed by atoms with Crippen LogP contribution < -0.4 is 11.1 Å². The predicted molar refractivity (Wildman–Crippen MR) is 74.9 cm³/mol. The van der Waals surface area contributed by atoms with Gasteiger partial charge in [0.2, 0.25) is 0 Å². The Morgan fingerprint density at radius 2 is 2.16 bits per heavy atom. The average molecular weight is 259 g/mol. The van der Waals surface area contributed by atoms with Gasteiger partial charge in [0.1, 0.15) is 11.9 Å². The summed E-state index contributed by atoms with van der Waals surface area (Å²) in [5.74, 6) is 3.31. The van der Waals surface area contributed by atoms with Gasteiger partial charge in [-0.3, -0.25) is 4.99 Å². The van der Waals surface area contributed by atoms with Crippen LogP contribution in [0.25, 0.3) is 0 Å². The molecular formula is C15H18FN3.